The molecule has 1 saturated carbocycles. The number of hydrogen-bond donors (Lipinski definition) is 0. The summed E-state index contributed by atoms with van der Waals surface area (Å²) in [6, 6.07) is 12.1. The van der Waals surface area contributed by atoms with Crippen LogP contribution in [0.25, 0.3) is 0 Å². The molecule has 1 aliphatic carbocycles. The second-order valence-electron chi connectivity index (χ2n) is 11.3. The number of amides is 2. The first kappa shape index (κ1) is 26.2. The number of fused-ring (bicyclic) bond motifs is 4. The molecule has 2 aromatic rings. The Hall–Kier alpha value is -3.06. The molecule has 0 N–H and O–H groups in total. The fourth-order valence-electron chi connectivity index (χ4n) is 7.29. The Morgan fingerprint density at radius 3 is 2.28 bits per heavy atom. The van der Waals surface area contributed by atoms with E-state index in [0.717, 1.165) is 55.0 Å². The van der Waals surface area contributed by atoms with Gasteiger partial charge in [0.25, 0.3) is 5.91 Å². The monoisotopic (exact) mass is 531 g/mol. The third-order valence-corrected chi connectivity index (χ3v) is 9.17. The minimum Gasteiger partial charge on any atom is -0.490 e. The molecule has 0 unspecified atom stereocenters. The van der Waals surface area contributed by atoms with Gasteiger partial charge in [0.05, 0.1) is 25.2 Å². The van der Waals surface area contributed by atoms with Crippen LogP contribution in [-0.4, -0.2) is 78.5 Å². The van der Waals surface area contributed by atoms with Crippen molar-refractivity contribution in [3.63, 3.8) is 0 Å². The fraction of sp³-hybridized carbons (Fsp3) is 0.562. The molecule has 3 aliphatic heterocycles. The van der Waals surface area contributed by atoms with E-state index in [4.69, 9.17) is 9.47 Å². The van der Waals surface area contributed by atoms with E-state index in [-0.39, 0.29) is 17.9 Å². The van der Waals surface area contributed by atoms with Crippen LogP contribution in [0.2, 0.25) is 0 Å². The number of ether oxygens (including phenoxy) is 2. The van der Waals surface area contributed by atoms with Crippen LogP contribution in [0, 0.1) is 0 Å². The zero-order valence-electron chi connectivity index (χ0n) is 23.4. The van der Waals surface area contributed by atoms with Crippen molar-refractivity contribution < 1.29 is 19.1 Å². The lowest BCUT2D eigenvalue weighted by atomic mass is 9.75. The molecule has 7 heteroatoms. The quantitative estimate of drug-likeness (QED) is 0.536. The number of benzene rings is 2. The predicted octanol–water partition coefficient (Wildman–Crippen LogP) is 4.80. The maximum Gasteiger partial charge on any atom is 0.254 e. The van der Waals surface area contributed by atoms with E-state index < -0.39 is 5.92 Å². The first-order valence-corrected chi connectivity index (χ1v) is 15.0. The number of hydrogen-bond acceptors (Lipinski definition) is 5. The zero-order valence-corrected chi connectivity index (χ0v) is 23.4. The molecule has 0 spiro atoms. The van der Waals surface area contributed by atoms with Crippen molar-refractivity contribution in [1.29, 1.82) is 0 Å². The average Bonchev–Trinajstić information content (AvgIpc) is 2.98. The standard InChI is InChI=1S/C32H41N3O4/c1-3-38-27-20-22-14-15-35-30(26(22)21-28(27)39-4-2)29(24-12-8-9-13-25(24)31(35)36)32(37)34-18-16-33(17-19-34)23-10-6-5-7-11-23/h8-9,12-13,20-21,23,29-30H,3-7,10-11,14-19H2,1-2H3/t29-,30-/m0/s1. The van der Waals surface area contributed by atoms with Crippen molar-refractivity contribution in [2.45, 2.75) is 70.4 Å². The lowest BCUT2D eigenvalue weighted by Gasteiger charge is -2.47. The summed E-state index contributed by atoms with van der Waals surface area (Å²) in [6.45, 7) is 8.93. The van der Waals surface area contributed by atoms with Crippen LogP contribution in [0.3, 0.4) is 0 Å². The van der Waals surface area contributed by atoms with E-state index in [2.05, 4.69) is 15.9 Å². The van der Waals surface area contributed by atoms with Gasteiger partial charge in [0, 0.05) is 44.3 Å². The summed E-state index contributed by atoms with van der Waals surface area (Å²) in [4.78, 5) is 34.8. The van der Waals surface area contributed by atoms with Crippen LogP contribution in [0.5, 0.6) is 11.5 Å². The highest BCUT2D eigenvalue weighted by atomic mass is 16.5. The second-order valence-corrected chi connectivity index (χ2v) is 11.3. The highest BCUT2D eigenvalue weighted by molar-refractivity contribution is 6.01. The molecule has 208 valence electrons. The molecule has 2 amide bonds. The van der Waals surface area contributed by atoms with Gasteiger partial charge in [0.15, 0.2) is 11.5 Å². The number of nitrogens with zero attached hydrogens (tertiary/aromatic N) is 3. The summed E-state index contributed by atoms with van der Waals surface area (Å²) in [5.41, 5.74) is 3.65. The normalized spacial score (nSPS) is 23.6. The highest BCUT2D eigenvalue weighted by Gasteiger charge is 2.48. The maximum absolute atomic E-state index is 14.5. The molecule has 4 aliphatic rings. The first-order chi connectivity index (χ1) is 19.1. The Morgan fingerprint density at radius 2 is 1.56 bits per heavy atom. The van der Waals surface area contributed by atoms with E-state index in [9.17, 15) is 9.59 Å². The topological polar surface area (TPSA) is 62.3 Å². The lowest BCUT2D eigenvalue weighted by Crippen LogP contribution is -2.56. The summed E-state index contributed by atoms with van der Waals surface area (Å²) >= 11 is 0. The minimum absolute atomic E-state index is 0.0132. The number of rotatable bonds is 6. The summed E-state index contributed by atoms with van der Waals surface area (Å²) < 4.78 is 11.9. The average molecular weight is 532 g/mol. The molecule has 0 bridgehead atoms. The molecule has 2 atom stereocenters. The van der Waals surface area contributed by atoms with Crippen LogP contribution in [0.15, 0.2) is 36.4 Å². The zero-order chi connectivity index (χ0) is 26.9. The maximum atomic E-state index is 14.5. The first-order valence-electron chi connectivity index (χ1n) is 15.0. The summed E-state index contributed by atoms with van der Waals surface area (Å²) in [7, 11) is 0. The van der Waals surface area contributed by atoms with Crippen molar-refractivity contribution in [3.05, 3.63) is 58.7 Å². The van der Waals surface area contributed by atoms with Crippen LogP contribution in [-0.2, 0) is 11.2 Å². The van der Waals surface area contributed by atoms with Crippen LogP contribution in [0.4, 0.5) is 0 Å². The van der Waals surface area contributed by atoms with Gasteiger partial charge >= 0.3 is 0 Å². The van der Waals surface area contributed by atoms with Gasteiger partial charge in [-0.25, -0.2) is 0 Å². The predicted molar refractivity (Wildman–Crippen MR) is 150 cm³/mol. The third kappa shape index (κ3) is 4.79. The Bertz CT molecular complexity index is 1220. The van der Waals surface area contributed by atoms with Crippen molar-refractivity contribution in [2.75, 3.05) is 45.9 Å². The summed E-state index contributed by atoms with van der Waals surface area (Å²) in [5, 5.41) is 0. The van der Waals surface area contributed by atoms with Gasteiger partial charge in [-0.3, -0.25) is 14.5 Å². The van der Waals surface area contributed by atoms with Crippen LogP contribution < -0.4 is 9.47 Å². The van der Waals surface area contributed by atoms with Crippen LogP contribution in [0.1, 0.15) is 85.0 Å². The largest absolute Gasteiger partial charge is 0.490 e. The molecule has 3 heterocycles. The molecular weight excluding hydrogens is 490 g/mol. The second kappa shape index (κ2) is 11.2. The van der Waals surface area contributed by atoms with E-state index >= 15 is 0 Å². The summed E-state index contributed by atoms with van der Waals surface area (Å²) in [6.07, 6.45) is 7.29. The van der Waals surface area contributed by atoms with Crippen LogP contribution >= 0.6 is 0 Å². The van der Waals surface area contributed by atoms with E-state index in [1.807, 2.05) is 49.1 Å². The van der Waals surface area contributed by atoms with E-state index in [1.54, 1.807) is 0 Å². The van der Waals surface area contributed by atoms with E-state index in [1.165, 1.54) is 32.1 Å². The molecule has 2 aromatic carbocycles. The number of piperazine rings is 1. The van der Waals surface area contributed by atoms with Gasteiger partial charge in [0.2, 0.25) is 5.91 Å². The number of carbonyl (C=O) groups is 2. The van der Waals surface area contributed by atoms with Crippen molar-refractivity contribution >= 4 is 11.8 Å². The van der Waals surface area contributed by atoms with Gasteiger partial charge in [-0.2, -0.15) is 0 Å². The fourth-order valence-corrected chi connectivity index (χ4v) is 7.29. The third-order valence-electron chi connectivity index (χ3n) is 9.17. The smallest absolute Gasteiger partial charge is 0.254 e. The molecule has 7 nitrogen and oxygen atoms in total. The molecule has 2 fully saturated rings. The SMILES string of the molecule is CCOc1cc2c(cc1OCC)[C@H]1[C@@H](C(=O)N3CCN(C4CCCCC4)CC3)c3ccccc3C(=O)N1CC2. The number of carbonyl (C=O) groups excluding carboxylic acids is 2. The molecule has 6 rings (SSSR count). The van der Waals surface area contributed by atoms with E-state index in [0.29, 0.717) is 37.1 Å². The molecule has 0 aromatic heterocycles. The Morgan fingerprint density at radius 1 is 0.872 bits per heavy atom. The lowest BCUT2D eigenvalue weighted by molar-refractivity contribution is -0.137. The van der Waals surface area contributed by atoms with Crippen molar-refractivity contribution in [2.24, 2.45) is 0 Å². The van der Waals surface area contributed by atoms with Gasteiger partial charge in [0.1, 0.15) is 0 Å². The van der Waals surface area contributed by atoms with Crippen molar-refractivity contribution in [1.82, 2.24) is 14.7 Å². The Kier molecular flexibility index (Phi) is 7.52. The van der Waals surface area contributed by atoms with Gasteiger partial charge in [-0.15, -0.1) is 0 Å². The van der Waals surface area contributed by atoms with Gasteiger partial charge < -0.3 is 19.3 Å². The molecule has 1 saturated heterocycles. The molecule has 0 radical (unpaired) electrons. The molecule has 39 heavy (non-hydrogen) atoms. The Balaban J connectivity index is 1.35. The highest BCUT2D eigenvalue weighted by Crippen LogP contribution is 2.49. The molecular formula is C32H41N3O4. The van der Waals surface area contributed by atoms with Crippen molar-refractivity contribution in [3.8, 4) is 11.5 Å². The summed E-state index contributed by atoms with van der Waals surface area (Å²) in [5.74, 6) is 1.12. The van der Waals surface area contributed by atoms with Gasteiger partial charge in [-0.1, -0.05) is 37.5 Å². The Labute approximate surface area is 232 Å². The minimum atomic E-state index is -0.438. The van der Waals surface area contributed by atoms with Gasteiger partial charge in [-0.05, 0) is 68.0 Å².